The molecule has 5 heteroatoms. The van der Waals surface area contributed by atoms with E-state index in [0.717, 1.165) is 6.42 Å². The summed E-state index contributed by atoms with van der Waals surface area (Å²) in [6.45, 7) is 6.93. The third-order valence-electron chi connectivity index (χ3n) is 3.00. The van der Waals surface area contributed by atoms with Gasteiger partial charge in [-0.05, 0) is 33.1 Å². The maximum Gasteiger partial charge on any atom is 0.410 e. The molecule has 1 aliphatic heterocycles. The van der Waals surface area contributed by atoms with E-state index in [2.05, 4.69) is 11.3 Å². The molecule has 0 aliphatic carbocycles. The van der Waals surface area contributed by atoms with E-state index in [1.54, 1.807) is 4.90 Å². The van der Waals surface area contributed by atoms with Crippen LogP contribution < -0.4 is 11.3 Å². The van der Waals surface area contributed by atoms with Gasteiger partial charge >= 0.3 is 6.09 Å². The van der Waals surface area contributed by atoms with E-state index in [4.69, 9.17) is 17.0 Å². The van der Waals surface area contributed by atoms with Crippen LogP contribution in [0, 0.1) is 18.3 Å². The molecular weight excluding hydrogens is 230 g/mol. The molecule has 5 nitrogen and oxygen atoms in total. The Labute approximate surface area is 109 Å². The number of nitrogens with zero attached hydrogens (tertiary/aromatic N) is 1. The number of nitrogens with two attached hydrogens (primary N) is 1. The zero-order chi connectivity index (χ0) is 13.8. The summed E-state index contributed by atoms with van der Waals surface area (Å²) in [7, 11) is 0. The molecule has 0 aromatic rings. The highest BCUT2D eigenvalue weighted by Gasteiger charge is 2.33. The summed E-state index contributed by atoms with van der Waals surface area (Å²) in [6, 6.07) is 0.0578. The lowest BCUT2D eigenvalue weighted by molar-refractivity contribution is 0.0285. The van der Waals surface area contributed by atoms with Crippen molar-refractivity contribution in [1.82, 2.24) is 10.3 Å². The molecule has 2 atom stereocenters. The van der Waals surface area contributed by atoms with Gasteiger partial charge in [0.2, 0.25) is 0 Å². The molecular formula is C13H23N3O2. The minimum atomic E-state index is -0.459. The van der Waals surface area contributed by atoms with Gasteiger partial charge in [0.15, 0.2) is 0 Å². The van der Waals surface area contributed by atoms with Crippen LogP contribution in [-0.2, 0) is 4.74 Å². The lowest BCUT2D eigenvalue weighted by Gasteiger charge is -2.25. The summed E-state index contributed by atoms with van der Waals surface area (Å²) < 4.78 is 5.34. The topological polar surface area (TPSA) is 67.6 Å². The Morgan fingerprint density at radius 1 is 1.67 bits per heavy atom. The number of terminal acetylenes is 1. The first-order valence-corrected chi connectivity index (χ1v) is 6.25. The maximum atomic E-state index is 11.9. The summed E-state index contributed by atoms with van der Waals surface area (Å²) in [5, 5.41) is 0. The van der Waals surface area contributed by atoms with Crippen LogP contribution in [0.25, 0.3) is 0 Å². The van der Waals surface area contributed by atoms with Crippen LogP contribution in [0.2, 0.25) is 0 Å². The Hall–Kier alpha value is -1.25. The summed E-state index contributed by atoms with van der Waals surface area (Å²) in [5.74, 6) is 8.37. The number of amides is 1. The molecule has 0 radical (unpaired) electrons. The number of ether oxygens (including phenoxy) is 1. The van der Waals surface area contributed by atoms with E-state index >= 15 is 0 Å². The number of hydrazine groups is 1. The highest BCUT2D eigenvalue weighted by molar-refractivity contribution is 5.68. The molecule has 0 spiro atoms. The fraction of sp³-hybridized carbons (Fsp3) is 0.769. The van der Waals surface area contributed by atoms with Crippen molar-refractivity contribution in [2.45, 2.75) is 45.3 Å². The van der Waals surface area contributed by atoms with Crippen LogP contribution in [0.1, 0.15) is 33.6 Å². The van der Waals surface area contributed by atoms with Crippen molar-refractivity contribution < 1.29 is 9.53 Å². The van der Waals surface area contributed by atoms with Crippen molar-refractivity contribution in [2.24, 2.45) is 11.8 Å². The van der Waals surface area contributed by atoms with Gasteiger partial charge in [0.1, 0.15) is 5.60 Å². The summed E-state index contributed by atoms with van der Waals surface area (Å²) in [4.78, 5) is 13.6. The number of hydrogen-bond donors (Lipinski definition) is 2. The van der Waals surface area contributed by atoms with Gasteiger partial charge in [-0.3, -0.25) is 11.3 Å². The summed E-state index contributed by atoms with van der Waals surface area (Å²) in [6.07, 6.45) is 6.51. The van der Waals surface area contributed by atoms with Crippen LogP contribution in [0.5, 0.6) is 0 Å². The van der Waals surface area contributed by atoms with Gasteiger partial charge in [0, 0.05) is 25.6 Å². The fourth-order valence-electron chi connectivity index (χ4n) is 2.10. The molecule has 2 unspecified atom stereocenters. The standard InChI is InChI=1S/C13H23N3O2/c1-5-6-11(15-14)10-7-8-16(9-10)12(17)18-13(2,3)4/h1,10-11,15H,6-9,14H2,2-4H3. The molecule has 3 N–H and O–H groups in total. The molecule has 1 amide bonds. The second-order valence-electron chi connectivity index (χ2n) is 5.66. The molecule has 1 aliphatic rings. The van der Waals surface area contributed by atoms with E-state index < -0.39 is 5.60 Å². The number of hydrogen-bond acceptors (Lipinski definition) is 4. The maximum absolute atomic E-state index is 11.9. The van der Waals surface area contributed by atoms with Crippen molar-refractivity contribution in [1.29, 1.82) is 0 Å². The molecule has 1 saturated heterocycles. The van der Waals surface area contributed by atoms with Crippen molar-refractivity contribution in [3.8, 4) is 12.3 Å². The minimum absolute atomic E-state index is 0.0578. The highest BCUT2D eigenvalue weighted by atomic mass is 16.6. The quantitative estimate of drug-likeness (QED) is 0.449. The predicted octanol–water partition coefficient (Wildman–Crippen LogP) is 1.10. The smallest absolute Gasteiger partial charge is 0.410 e. The van der Waals surface area contributed by atoms with E-state index in [0.29, 0.717) is 25.4 Å². The lowest BCUT2D eigenvalue weighted by Crippen LogP contribution is -2.42. The van der Waals surface area contributed by atoms with Gasteiger partial charge in [-0.15, -0.1) is 12.3 Å². The Balaban J connectivity index is 2.50. The zero-order valence-electron chi connectivity index (χ0n) is 11.4. The molecule has 1 rings (SSSR count). The second kappa shape index (κ2) is 6.07. The average Bonchev–Trinajstić information content (AvgIpc) is 2.72. The Bertz CT molecular complexity index is 330. The minimum Gasteiger partial charge on any atom is -0.444 e. The van der Waals surface area contributed by atoms with Gasteiger partial charge in [-0.1, -0.05) is 0 Å². The molecule has 0 aromatic heterocycles. The number of carbonyl (C=O) groups excluding carboxylic acids is 1. The summed E-state index contributed by atoms with van der Waals surface area (Å²) in [5.41, 5.74) is 2.27. The molecule has 18 heavy (non-hydrogen) atoms. The van der Waals surface area contributed by atoms with Gasteiger partial charge in [0.05, 0.1) is 0 Å². The monoisotopic (exact) mass is 253 g/mol. The fourth-order valence-corrected chi connectivity index (χ4v) is 2.10. The zero-order valence-corrected chi connectivity index (χ0v) is 11.4. The Morgan fingerprint density at radius 2 is 2.33 bits per heavy atom. The molecule has 0 bridgehead atoms. The predicted molar refractivity (Wildman–Crippen MR) is 70.5 cm³/mol. The third kappa shape index (κ3) is 4.21. The molecule has 1 heterocycles. The molecule has 0 aromatic carbocycles. The van der Waals surface area contributed by atoms with Crippen LogP contribution in [0.4, 0.5) is 4.79 Å². The Morgan fingerprint density at radius 3 is 2.83 bits per heavy atom. The third-order valence-corrected chi connectivity index (χ3v) is 3.00. The van der Waals surface area contributed by atoms with Crippen LogP contribution in [0.3, 0.4) is 0 Å². The first kappa shape index (κ1) is 14.8. The van der Waals surface area contributed by atoms with Crippen molar-refractivity contribution >= 4 is 6.09 Å². The van der Waals surface area contributed by atoms with Crippen LogP contribution in [0.15, 0.2) is 0 Å². The van der Waals surface area contributed by atoms with Gasteiger partial charge in [-0.25, -0.2) is 4.79 Å². The van der Waals surface area contributed by atoms with E-state index in [1.165, 1.54) is 0 Å². The first-order chi connectivity index (χ1) is 8.37. The van der Waals surface area contributed by atoms with Crippen molar-refractivity contribution in [2.75, 3.05) is 13.1 Å². The lowest BCUT2D eigenvalue weighted by atomic mass is 9.97. The molecule has 102 valence electrons. The van der Waals surface area contributed by atoms with Crippen molar-refractivity contribution in [3.05, 3.63) is 0 Å². The van der Waals surface area contributed by atoms with E-state index in [1.807, 2.05) is 20.8 Å². The van der Waals surface area contributed by atoms with Gasteiger partial charge < -0.3 is 9.64 Å². The van der Waals surface area contributed by atoms with Gasteiger partial charge in [-0.2, -0.15) is 0 Å². The van der Waals surface area contributed by atoms with Gasteiger partial charge in [0.25, 0.3) is 0 Å². The number of rotatable bonds is 3. The van der Waals surface area contributed by atoms with Crippen molar-refractivity contribution in [3.63, 3.8) is 0 Å². The van der Waals surface area contributed by atoms with Crippen LogP contribution >= 0.6 is 0 Å². The number of carbonyl (C=O) groups is 1. The largest absolute Gasteiger partial charge is 0.444 e. The molecule has 1 fully saturated rings. The van der Waals surface area contributed by atoms with E-state index in [9.17, 15) is 4.79 Å². The number of likely N-dealkylation sites (tertiary alicyclic amines) is 1. The second-order valence-corrected chi connectivity index (χ2v) is 5.66. The van der Waals surface area contributed by atoms with Crippen LogP contribution in [-0.4, -0.2) is 35.7 Å². The SMILES string of the molecule is C#CCC(NN)C1CCN(C(=O)OC(C)(C)C)C1. The highest BCUT2D eigenvalue weighted by Crippen LogP contribution is 2.23. The number of nitrogens with one attached hydrogen (secondary N) is 1. The first-order valence-electron chi connectivity index (χ1n) is 6.25. The average molecular weight is 253 g/mol. The van der Waals surface area contributed by atoms with E-state index in [-0.39, 0.29) is 12.1 Å². The normalized spacial score (nSPS) is 21.5. The summed E-state index contributed by atoms with van der Waals surface area (Å²) >= 11 is 0. The Kier molecular flexibility index (Phi) is 5.00. The molecule has 0 saturated carbocycles.